The summed E-state index contributed by atoms with van der Waals surface area (Å²) < 4.78 is 5.27. The summed E-state index contributed by atoms with van der Waals surface area (Å²) in [6, 6.07) is 20.5. The zero-order valence-corrected chi connectivity index (χ0v) is 18.6. The molecule has 0 radical (unpaired) electrons. The fourth-order valence-electron chi connectivity index (χ4n) is 4.92. The van der Waals surface area contributed by atoms with Crippen molar-refractivity contribution in [2.24, 2.45) is 0 Å². The summed E-state index contributed by atoms with van der Waals surface area (Å²) in [5.74, 6) is 0.942. The Morgan fingerprint density at radius 3 is 2.50 bits per heavy atom. The number of piperidine rings is 1. The number of hydrogen-bond acceptors (Lipinski definition) is 5. The second-order valence-corrected chi connectivity index (χ2v) is 8.66. The summed E-state index contributed by atoms with van der Waals surface area (Å²) in [5.41, 5.74) is 2.67. The summed E-state index contributed by atoms with van der Waals surface area (Å²) in [7, 11) is 1.70. The highest BCUT2D eigenvalue weighted by molar-refractivity contribution is 5.95. The molecule has 1 unspecified atom stereocenters. The molecule has 2 aliphatic heterocycles. The monoisotopic (exact) mass is 430 g/mol. The molecule has 3 aromatic rings. The van der Waals surface area contributed by atoms with Crippen molar-refractivity contribution in [3.05, 3.63) is 66.4 Å². The fourth-order valence-corrected chi connectivity index (χ4v) is 4.92. The molecule has 0 N–H and O–H groups in total. The first-order valence-electron chi connectivity index (χ1n) is 11.5. The average molecular weight is 431 g/mol. The Balaban J connectivity index is 1.20. The van der Waals surface area contributed by atoms with Crippen LogP contribution in [-0.2, 0) is 0 Å². The fraction of sp³-hybridized carbons (Fsp3) is 0.385. The van der Waals surface area contributed by atoms with E-state index in [4.69, 9.17) is 4.74 Å². The first kappa shape index (κ1) is 20.8. The SMILES string of the molecule is COc1ccc(N2CCN(C3CCCN(C(=O)c4ccc5ccccc5n4)C3)CC2)cc1. The van der Waals surface area contributed by atoms with Crippen molar-refractivity contribution in [2.45, 2.75) is 18.9 Å². The first-order valence-corrected chi connectivity index (χ1v) is 11.5. The number of rotatable bonds is 4. The van der Waals surface area contributed by atoms with Gasteiger partial charge in [0.25, 0.3) is 5.91 Å². The zero-order chi connectivity index (χ0) is 21.9. The lowest BCUT2D eigenvalue weighted by Gasteiger charge is -2.43. The van der Waals surface area contributed by atoms with E-state index < -0.39 is 0 Å². The molecular weight excluding hydrogens is 400 g/mol. The number of hydrogen-bond donors (Lipinski definition) is 0. The van der Waals surface area contributed by atoms with Crippen LogP contribution in [0.15, 0.2) is 60.7 Å². The Morgan fingerprint density at radius 1 is 0.938 bits per heavy atom. The maximum atomic E-state index is 13.2. The van der Waals surface area contributed by atoms with Gasteiger partial charge >= 0.3 is 0 Å². The van der Waals surface area contributed by atoms with E-state index in [-0.39, 0.29) is 5.91 Å². The standard InChI is InChI=1S/C26H30N4O2/c1-32-23-11-9-21(10-12-23)28-15-17-29(18-16-28)22-6-4-14-30(19-22)26(31)25-13-8-20-5-2-3-7-24(20)27-25/h2-3,5,7-13,22H,4,6,14-19H2,1H3. The number of anilines is 1. The van der Waals surface area contributed by atoms with E-state index in [0.717, 1.165) is 68.8 Å². The van der Waals surface area contributed by atoms with Gasteiger partial charge in [-0.3, -0.25) is 9.69 Å². The molecule has 0 saturated carbocycles. The molecule has 6 nitrogen and oxygen atoms in total. The molecule has 2 aliphatic rings. The number of aromatic nitrogens is 1. The summed E-state index contributed by atoms with van der Waals surface area (Å²) in [6.45, 7) is 5.65. The largest absolute Gasteiger partial charge is 0.497 e. The number of fused-ring (bicyclic) bond motifs is 1. The minimum Gasteiger partial charge on any atom is -0.497 e. The van der Waals surface area contributed by atoms with E-state index in [0.29, 0.717) is 11.7 Å². The third kappa shape index (κ3) is 4.28. The van der Waals surface area contributed by atoms with Crippen LogP contribution < -0.4 is 9.64 Å². The number of methoxy groups -OCH3 is 1. The third-order valence-electron chi connectivity index (χ3n) is 6.77. The van der Waals surface area contributed by atoms with Crippen LogP contribution in [0, 0.1) is 0 Å². The topological polar surface area (TPSA) is 48.9 Å². The quantitative estimate of drug-likeness (QED) is 0.632. The minimum atomic E-state index is 0.0531. The highest BCUT2D eigenvalue weighted by Crippen LogP contribution is 2.24. The van der Waals surface area contributed by atoms with Gasteiger partial charge in [-0.1, -0.05) is 24.3 Å². The van der Waals surface area contributed by atoms with Gasteiger partial charge < -0.3 is 14.5 Å². The van der Waals surface area contributed by atoms with Crippen molar-refractivity contribution in [3.8, 4) is 5.75 Å². The van der Waals surface area contributed by atoms with Crippen LogP contribution in [0.5, 0.6) is 5.75 Å². The molecule has 2 aromatic carbocycles. The van der Waals surface area contributed by atoms with E-state index in [1.165, 1.54) is 5.69 Å². The van der Waals surface area contributed by atoms with Gasteiger partial charge in [-0.2, -0.15) is 0 Å². The van der Waals surface area contributed by atoms with Gasteiger partial charge in [0, 0.05) is 56.4 Å². The summed E-state index contributed by atoms with van der Waals surface area (Å²) >= 11 is 0. The molecule has 0 aliphatic carbocycles. The Labute approximate surface area is 189 Å². The van der Waals surface area contributed by atoms with Crippen molar-refractivity contribution in [2.75, 3.05) is 51.3 Å². The summed E-state index contributed by atoms with van der Waals surface area (Å²) in [6.07, 6.45) is 2.19. The maximum absolute atomic E-state index is 13.2. The number of nitrogens with zero attached hydrogens (tertiary/aromatic N) is 4. The lowest BCUT2D eigenvalue weighted by Crippen LogP contribution is -2.56. The van der Waals surface area contributed by atoms with Crippen LogP contribution in [0.1, 0.15) is 23.3 Å². The predicted octanol–water partition coefficient (Wildman–Crippen LogP) is 3.67. The number of benzene rings is 2. The number of pyridine rings is 1. The molecule has 1 amide bonds. The van der Waals surface area contributed by atoms with Crippen LogP contribution in [0.3, 0.4) is 0 Å². The number of carbonyl (C=O) groups excluding carboxylic acids is 1. The summed E-state index contributed by atoms with van der Waals surface area (Å²) in [5, 5.41) is 1.07. The highest BCUT2D eigenvalue weighted by Gasteiger charge is 2.30. The smallest absolute Gasteiger partial charge is 0.272 e. The molecule has 166 valence electrons. The molecule has 32 heavy (non-hydrogen) atoms. The van der Waals surface area contributed by atoms with Crippen molar-refractivity contribution in [3.63, 3.8) is 0 Å². The molecule has 2 saturated heterocycles. The summed E-state index contributed by atoms with van der Waals surface area (Å²) in [4.78, 5) is 24.8. The number of ether oxygens (including phenoxy) is 1. The van der Waals surface area contributed by atoms with Crippen LogP contribution in [-0.4, -0.2) is 73.1 Å². The third-order valence-corrected chi connectivity index (χ3v) is 6.77. The second-order valence-electron chi connectivity index (χ2n) is 8.66. The molecule has 2 fully saturated rings. The average Bonchev–Trinajstić information content (AvgIpc) is 2.88. The first-order chi connectivity index (χ1) is 15.7. The van der Waals surface area contributed by atoms with Crippen LogP contribution in [0.25, 0.3) is 10.9 Å². The van der Waals surface area contributed by atoms with E-state index >= 15 is 0 Å². The van der Waals surface area contributed by atoms with Crippen molar-refractivity contribution >= 4 is 22.5 Å². The molecule has 3 heterocycles. The van der Waals surface area contributed by atoms with Gasteiger partial charge in [0.1, 0.15) is 11.4 Å². The van der Waals surface area contributed by atoms with Crippen molar-refractivity contribution in [1.29, 1.82) is 0 Å². The molecule has 5 rings (SSSR count). The second kappa shape index (κ2) is 9.17. The van der Waals surface area contributed by atoms with E-state index in [1.807, 2.05) is 53.4 Å². The number of amides is 1. The van der Waals surface area contributed by atoms with E-state index in [1.54, 1.807) is 7.11 Å². The van der Waals surface area contributed by atoms with Crippen molar-refractivity contribution < 1.29 is 9.53 Å². The van der Waals surface area contributed by atoms with Crippen molar-refractivity contribution in [1.82, 2.24) is 14.8 Å². The molecule has 1 atom stereocenters. The van der Waals surface area contributed by atoms with E-state index in [9.17, 15) is 4.79 Å². The van der Waals surface area contributed by atoms with Crippen LogP contribution in [0.4, 0.5) is 5.69 Å². The Hall–Kier alpha value is -3.12. The number of carbonyl (C=O) groups is 1. The van der Waals surface area contributed by atoms with Crippen LogP contribution >= 0.6 is 0 Å². The zero-order valence-electron chi connectivity index (χ0n) is 18.6. The van der Waals surface area contributed by atoms with Crippen LogP contribution in [0.2, 0.25) is 0 Å². The lowest BCUT2D eigenvalue weighted by molar-refractivity contribution is 0.0558. The molecular formula is C26H30N4O2. The normalized spacial score (nSPS) is 19.8. The van der Waals surface area contributed by atoms with E-state index in [2.05, 4.69) is 26.9 Å². The number of para-hydroxylation sites is 1. The molecule has 6 heteroatoms. The Kier molecular flexibility index (Phi) is 5.95. The predicted molar refractivity (Wildman–Crippen MR) is 127 cm³/mol. The van der Waals surface area contributed by atoms with Gasteiger partial charge in [-0.25, -0.2) is 4.98 Å². The van der Waals surface area contributed by atoms with Gasteiger partial charge in [0.2, 0.25) is 0 Å². The number of likely N-dealkylation sites (tertiary alicyclic amines) is 1. The lowest BCUT2D eigenvalue weighted by atomic mass is 10.0. The molecule has 1 aromatic heterocycles. The Bertz CT molecular complexity index is 1080. The van der Waals surface area contributed by atoms with Gasteiger partial charge in [-0.05, 0) is 49.2 Å². The molecule has 0 bridgehead atoms. The number of piperazine rings is 1. The Morgan fingerprint density at radius 2 is 1.72 bits per heavy atom. The van der Waals surface area contributed by atoms with Gasteiger partial charge in [0.15, 0.2) is 0 Å². The minimum absolute atomic E-state index is 0.0531. The van der Waals surface area contributed by atoms with Gasteiger partial charge in [-0.15, -0.1) is 0 Å². The maximum Gasteiger partial charge on any atom is 0.272 e. The highest BCUT2D eigenvalue weighted by atomic mass is 16.5. The molecule has 0 spiro atoms. The van der Waals surface area contributed by atoms with Gasteiger partial charge in [0.05, 0.1) is 12.6 Å².